The van der Waals surface area contributed by atoms with E-state index in [9.17, 15) is 10.0 Å². The molecule has 3 aromatic heterocycles. The summed E-state index contributed by atoms with van der Waals surface area (Å²) in [5.74, 6) is 0.470. The fourth-order valence-electron chi connectivity index (χ4n) is 1.78. The molecule has 0 atom stereocenters. The Balaban J connectivity index is 1.87. The highest BCUT2D eigenvalue weighted by atomic mass is 32.2. The number of aromatic nitrogens is 4. The van der Waals surface area contributed by atoms with E-state index in [4.69, 9.17) is 0 Å². The Morgan fingerprint density at radius 1 is 1.48 bits per heavy atom. The van der Waals surface area contributed by atoms with Crippen LogP contribution in [0.5, 0.6) is 0 Å². The third-order valence-corrected chi connectivity index (χ3v) is 4.90. The molecule has 0 N–H and O–H groups in total. The molecule has 3 heterocycles. The van der Waals surface area contributed by atoms with Gasteiger partial charge < -0.3 is 5.21 Å². The topological polar surface area (TPSA) is 74.2 Å². The number of rotatable bonds is 4. The second kappa shape index (κ2) is 5.82. The monoisotopic (exact) mass is 320 g/mol. The van der Waals surface area contributed by atoms with Gasteiger partial charge in [0.15, 0.2) is 6.20 Å². The van der Waals surface area contributed by atoms with Crippen molar-refractivity contribution in [2.75, 3.05) is 0 Å². The van der Waals surface area contributed by atoms with Crippen molar-refractivity contribution < 1.29 is 4.73 Å². The summed E-state index contributed by atoms with van der Waals surface area (Å²) >= 11 is 2.77. The molecule has 3 rings (SSSR count). The van der Waals surface area contributed by atoms with Crippen LogP contribution in [0.4, 0.5) is 0 Å². The van der Waals surface area contributed by atoms with Gasteiger partial charge >= 0.3 is 0 Å². The van der Waals surface area contributed by atoms with E-state index in [1.54, 1.807) is 18.2 Å². The van der Waals surface area contributed by atoms with Crippen molar-refractivity contribution in [1.82, 2.24) is 14.6 Å². The second-order valence-corrected chi connectivity index (χ2v) is 6.32. The maximum absolute atomic E-state index is 12.0. The number of hydrogen-bond donors (Lipinski definition) is 0. The van der Waals surface area contributed by atoms with Crippen molar-refractivity contribution in [3.8, 4) is 0 Å². The van der Waals surface area contributed by atoms with Crippen LogP contribution in [0, 0.1) is 5.21 Å². The summed E-state index contributed by atoms with van der Waals surface area (Å²) in [7, 11) is 0. The molecule has 0 aromatic carbocycles. The zero-order valence-electron chi connectivity index (χ0n) is 11.2. The molecule has 8 heteroatoms. The summed E-state index contributed by atoms with van der Waals surface area (Å²) < 4.78 is 2.13. The molecule has 0 bridgehead atoms. The minimum Gasteiger partial charge on any atom is -0.618 e. The first-order valence-electron chi connectivity index (χ1n) is 6.37. The average molecular weight is 320 g/mol. The van der Waals surface area contributed by atoms with E-state index in [0.717, 1.165) is 16.2 Å². The zero-order valence-corrected chi connectivity index (χ0v) is 12.9. The number of hydrogen-bond acceptors (Lipinski definition) is 6. The van der Waals surface area contributed by atoms with Gasteiger partial charge in [0.25, 0.3) is 10.6 Å². The number of fused-ring (bicyclic) bond motifs is 1. The first-order chi connectivity index (χ1) is 10.2. The van der Waals surface area contributed by atoms with Crippen LogP contribution in [0.1, 0.15) is 17.6 Å². The Morgan fingerprint density at radius 2 is 2.33 bits per heavy atom. The molecular weight excluding hydrogens is 308 g/mol. The first kappa shape index (κ1) is 14.0. The van der Waals surface area contributed by atoms with Gasteiger partial charge in [-0.05, 0) is 24.2 Å². The molecule has 0 radical (unpaired) electrons. The van der Waals surface area contributed by atoms with Gasteiger partial charge in [0.2, 0.25) is 4.96 Å². The van der Waals surface area contributed by atoms with Crippen LogP contribution in [0.15, 0.2) is 40.3 Å². The molecule has 0 amide bonds. The molecule has 0 saturated heterocycles. The molecular formula is C13H12N4O2S2. The third-order valence-electron chi connectivity index (χ3n) is 2.80. The molecule has 0 aliphatic rings. The van der Waals surface area contributed by atoms with E-state index in [2.05, 4.69) is 10.1 Å². The summed E-state index contributed by atoms with van der Waals surface area (Å²) in [5.41, 5.74) is 0.467. The molecule has 0 unspecified atom stereocenters. The summed E-state index contributed by atoms with van der Waals surface area (Å²) in [6.07, 6.45) is 2.22. The smallest absolute Gasteiger partial charge is 0.275 e. The molecule has 0 aliphatic heterocycles. The van der Waals surface area contributed by atoms with Crippen LogP contribution in [0.3, 0.4) is 0 Å². The van der Waals surface area contributed by atoms with Crippen molar-refractivity contribution in [1.29, 1.82) is 0 Å². The highest BCUT2D eigenvalue weighted by Crippen LogP contribution is 2.19. The van der Waals surface area contributed by atoms with Gasteiger partial charge in [-0.25, -0.2) is 4.98 Å². The largest absolute Gasteiger partial charge is 0.618 e. The number of aryl methyl sites for hydroxylation is 1. The molecule has 0 aliphatic carbocycles. The standard InChI is InChI=1S/C13H12N4O2S2/c1-2-10-15-17-11(18)7-9(14-13(17)21-10)8-20-12-5-3-4-6-16(12)19/h3-7H,2,8H2,1H3. The lowest BCUT2D eigenvalue weighted by Crippen LogP contribution is -2.27. The quantitative estimate of drug-likeness (QED) is 0.415. The summed E-state index contributed by atoms with van der Waals surface area (Å²) in [6.45, 7) is 1.99. The number of thioether (sulfide) groups is 1. The predicted octanol–water partition coefficient (Wildman–Crippen LogP) is 1.64. The molecule has 6 nitrogen and oxygen atoms in total. The predicted molar refractivity (Wildman–Crippen MR) is 81.5 cm³/mol. The van der Waals surface area contributed by atoms with Crippen LogP contribution < -0.4 is 10.3 Å². The van der Waals surface area contributed by atoms with Crippen LogP contribution in [-0.4, -0.2) is 14.6 Å². The van der Waals surface area contributed by atoms with Gasteiger partial charge in [-0.3, -0.25) is 4.79 Å². The van der Waals surface area contributed by atoms with Gasteiger partial charge in [0, 0.05) is 24.0 Å². The van der Waals surface area contributed by atoms with Crippen molar-refractivity contribution in [2.24, 2.45) is 0 Å². The van der Waals surface area contributed by atoms with Crippen LogP contribution >= 0.6 is 23.1 Å². The lowest BCUT2D eigenvalue weighted by molar-refractivity contribution is -0.645. The zero-order chi connectivity index (χ0) is 14.8. The van der Waals surface area contributed by atoms with Gasteiger partial charge in [0.05, 0.1) is 5.69 Å². The minimum absolute atomic E-state index is 0.186. The van der Waals surface area contributed by atoms with Crippen LogP contribution in [0.25, 0.3) is 4.96 Å². The van der Waals surface area contributed by atoms with Gasteiger partial charge in [-0.2, -0.15) is 14.3 Å². The van der Waals surface area contributed by atoms with Crippen LogP contribution in [0.2, 0.25) is 0 Å². The Hall–Kier alpha value is -1.93. The SMILES string of the molecule is CCc1nn2c(=O)cc(CSc3cccc[n+]3[O-])nc2s1. The minimum atomic E-state index is -0.186. The van der Waals surface area contributed by atoms with Gasteiger partial charge in [0.1, 0.15) is 5.01 Å². The van der Waals surface area contributed by atoms with E-state index in [1.165, 1.54) is 39.9 Å². The molecule has 0 spiro atoms. The Kier molecular flexibility index (Phi) is 3.89. The average Bonchev–Trinajstić information content (AvgIpc) is 2.90. The van der Waals surface area contributed by atoms with Crippen LogP contribution in [-0.2, 0) is 12.2 Å². The van der Waals surface area contributed by atoms with Crippen molar-refractivity contribution >= 4 is 28.1 Å². The highest BCUT2D eigenvalue weighted by molar-refractivity contribution is 7.98. The molecule has 0 saturated carbocycles. The lowest BCUT2D eigenvalue weighted by Gasteiger charge is -2.02. The van der Waals surface area contributed by atoms with Gasteiger partial charge in [-0.1, -0.05) is 18.3 Å². The van der Waals surface area contributed by atoms with E-state index in [0.29, 0.717) is 21.4 Å². The fraction of sp³-hybridized carbons (Fsp3) is 0.231. The molecule has 3 aromatic rings. The van der Waals surface area contributed by atoms with E-state index < -0.39 is 0 Å². The maximum Gasteiger partial charge on any atom is 0.275 e. The third kappa shape index (κ3) is 2.91. The van der Waals surface area contributed by atoms with Crippen molar-refractivity contribution in [2.45, 2.75) is 24.1 Å². The molecule has 21 heavy (non-hydrogen) atoms. The normalized spacial score (nSPS) is 11.1. The number of nitrogens with zero attached hydrogens (tertiary/aromatic N) is 4. The second-order valence-electron chi connectivity index (χ2n) is 4.28. The summed E-state index contributed by atoms with van der Waals surface area (Å²) in [4.78, 5) is 17.0. The molecule has 108 valence electrons. The highest BCUT2D eigenvalue weighted by Gasteiger charge is 2.10. The summed E-state index contributed by atoms with van der Waals surface area (Å²) in [5, 5.41) is 17.2. The summed E-state index contributed by atoms with van der Waals surface area (Å²) in [6, 6.07) is 6.69. The van der Waals surface area contributed by atoms with E-state index in [-0.39, 0.29) is 5.56 Å². The van der Waals surface area contributed by atoms with Crippen molar-refractivity contribution in [3.63, 3.8) is 0 Å². The Morgan fingerprint density at radius 3 is 3.10 bits per heavy atom. The van der Waals surface area contributed by atoms with Gasteiger partial charge in [-0.15, -0.1) is 0 Å². The molecule has 0 fully saturated rings. The fourth-order valence-corrected chi connectivity index (χ4v) is 3.45. The van der Waals surface area contributed by atoms with E-state index >= 15 is 0 Å². The maximum atomic E-state index is 12.0. The Bertz CT molecular complexity index is 844. The van der Waals surface area contributed by atoms with E-state index in [1.807, 2.05) is 6.92 Å². The van der Waals surface area contributed by atoms with Crippen molar-refractivity contribution in [3.05, 3.63) is 56.7 Å². The first-order valence-corrected chi connectivity index (χ1v) is 8.17. The lowest BCUT2D eigenvalue weighted by atomic mass is 10.4. The number of pyridine rings is 1. The Labute approximate surface area is 128 Å².